The summed E-state index contributed by atoms with van der Waals surface area (Å²) in [6.45, 7) is 0. The van der Waals surface area contributed by atoms with Gasteiger partial charge in [-0.05, 0) is 36.4 Å². The van der Waals surface area contributed by atoms with Crippen LogP contribution >= 0.6 is 11.6 Å². The van der Waals surface area contributed by atoms with Gasteiger partial charge in [0.15, 0.2) is 0 Å². The van der Waals surface area contributed by atoms with Crippen LogP contribution in [0.5, 0.6) is 5.75 Å². The van der Waals surface area contributed by atoms with Gasteiger partial charge in [-0.25, -0.2) is 8.42 Å². The number of rotatable bonds is 2. The summed E-state index contributed by atoms with van der Waals surface area (Å²) in [5.74, 6) is 0.0231. The molecule has 3 aromatic carbocycles. The summed E-state index contributed by atoms with van der Waals surface area (Å²) in [7, 11) is -3.67. The Morgan fingerprint density at radius 2 is 1.43 bits per heavy atom. The number of hydrogen-bond acceptors (Lipinski definition) is 3. The quantitative estimate of drug-likeness (QED) is 0.776. The summed E-state index contributed by atoms with van der Waals surface area (Å²) >= 11 is 6.12. The fourth-order valence-corrected chi connectivity index (χ4v) is 3.91. The second-order valence-electron chi connectivity index (χ2n) is 4.59. The van der Waals surface area contributed by atoms with Crippen molar-refractivity contribution in [2.45, 2.75) is 9.79 Å². The zero-order valence-electron chi connectivity index (χ0n) is 10.8. The molecular weight excluding hydrogens is 308 g/mol. The van der Waals surface area contributed by atoms with Gasteiger partial charge in [-0.1, -0.05) is 35.9 Å². The normalized spacial score (nSPS) is 11.7. The molecule has 0 spiro atoms. The molecule has 1 N–H and O–H groups in total. The minimum Gasteiger partial charge on any atom is -0.508 e. The van der Waals surface area contributed by atoms with E-state index in [4.69, 9.17) is 11.6 Å². The van der Waals surface area contributed by atoms with Gasteiger partial charge in [-0.15, -0.1) is 0 Å². The van der Waals surface area contributed by atoms with E-state index in [0.29, 0.717) is 15.8 Å². The van der Waals surface area contributed by atoms with E-state index >= 15 is 0 Å². The monoisotopic (exact) mass is 318 g/mol. The predicted molar refractivity (Wildman–Crippen MR) is 82.5 cm³/mol. The molecule has 0 unspecified atom stereocenters. The molecule has 0 saturated heterocycles. The molecule has 0 aliphatic carbocycles. The molecule has 0 bridgehead atoms. The fraction of sp³-hybridized carbons (Fsp3) is 0. The van der Waals surface area contributed by atoms with Crippen LogP contribution in [0, 0.1) is 0 Å². The molecule has 21 heavy (non-hydrogen) atoms. The first kappa shape index (κ1) is 13.9. The molecule has 5 heteroatoms. The molecular formula is C16H11ClO3S. The molecule has 106 valence electrons. The number of sulfone groups is 1. The van der Waals surface area contributed by atoms with Crippen LogP contribution in [0.25, 0.3) is 10.8 Å². The molecule has 0 atom stereocenters. The van der Waals surface area contributed by atoms with Gasteiger partial charge in [-0.2, -0.15) is 0 Å². The van der Waals surface area contributed by atoms with Gasteiger partial charge in [-0.3, -0.25) is 0 Å². The summed E-state index contributed by atoms with van der Waals surface area (Å²) in [4.78, 5) is 0.334. The number of aromatic hydroxyl groups is 1. The highest BCUT2D eigenvalue weighted by Crippen LogP contribution is 2.32. The maximum Gasteiger partial charge on any atom is 0.207 e. The lowest BCUT2D eigenvalue weighted by atomic mass is 10.1. The lowest BCUT2D eigenvalue weighted by molar-refractivity contribution is 0.475. The maximum absolute atomic E-state index is 12.7. The Labute approximate surface area is 127 Å². The molecule has 0 aliphatic heterocycles. The van der Waals surface area contributed by atoms with Crippen LogP contribution in [-0.2, 0) is 9.84 Å². The molecule has 0 heterocycles. The first-order chi connectivity index (χ1) is 10.00. The van der Waals surface area contributed by atoms with Crippen molar-refractivity contribution in [3.63, 3.8) is 0 Å². The summed E-state index contributed by atoms with van der Waals surface area (Å²) in [5, 5.41) is 11.1. The Balaban J connectivity index is 2.29. The van der Waals surface area contributed by atoms with Gasteiger partial charge in [0.2, 0.25) is 9.84 Å². The van der Waals surface area contributed by atoms with Gasteiger partial charge in [0.05, 0.1) is 9.79 Å². The highest BCUT2D eigenvalue weighted by atomic mass is 35.5. The lowest BCUT2D eigenvalue weighted by Gasteiger charge is -2.09. The Hall–Kier alpha value is -2.04. The van der Waals surface area contributed by atoms with Gasteiger partial charge in [0.25, 0.3) is 0 Å². The molecule has 3 nitrogen and oxygen atoms in total. The van der Waals surface area contributed by atoms with E-state index in [1.165, 1.54) is 30.3 Å². The second-order valence-corrected chi connectivity index (χ2v) is 6.91. The van der Waals surface area contributed by atoms with Gasteiger partial charge < -0.3 is 5.11 Å². The minimum absolute atomic E-state index is 0.0231. The largest absolute Gasteiger partial charge is 0.508 e. The summed E-state index contributed by atoms with van der Waals surface area (Å²) < 4.78 is 25.5. The van der Waals surface area contributed by atoms with E-state index in [0.717, 1.165) is 0 Å². The van der Waals surface area contributed by atoms with Crippen molar-refractivity contribution >= 4 is 32.2 Å². The highest BCUT2D eigenvalue weighted by molar-refractivity contribution is 7.91. The molecule has 0 fully saturated rings. The third-order valence-corrected chi connectivity index (χ3v) is 5.42. The van der Waals surface area contributed by atoms with E-state index in [9.17, 15) is 13.5 Å². The van der Waals surface area contributed by atoms with Crippen molar-refractivity contribution in [2.75, 3.05) is 0 Å². The fourth-order valence-electron chi connectivity index (χ4n) is 2.22. The van der Waals surface area contributed by atoms with Crippen molar-refractivity contribution in [2.24, 2.45) is 0 Å². The number of phenolic OH excluding ortho intramolecular Hbond substituents is 1. The van der Waals surface area contributed by atoms with Crippen LogP contribution in [0.3, 0.4) is 0 Å². The average Bonchev–Trinajstić information content (AvgIpc) is 2.48. The number of hydrogen-bond donors (Lipinski definition) is 1. The average molecular weight is 319 g/mol. The topological polar surface area (TPSA) is 54.4 Å². The van der Waals surface area contributed by atoms with Gasteiger partial charge in [0, 0.05) is 15.8 Å². The molecule has 0 aliphatic rings. The van der Waals surface area contributed by atoms with E-state index in [1.807, 2.05) is 6.07 Å². The highest BCUT2D eigenvalue weighted by Gasteiger charge is 2.20. The Bertz CT molecular complexity index is 916. The molecule has 3 aromatic rings. The molecule has 3 rings (SSSR count). The number of benzene rings is 3. The van der Waals surface area contributed by atoms with Crippen LogP contribution in [-0.4, -0.2) is 13.5 Å². The van der Waals surface area contributed by atoms with Crippen LogP contribution in [0.2, 0.25) is 5.02 Å². The van der Waals surface area contributed by atoms with Crippen molar-refractivity contribution < 1.29 is 13.5 Å². The van der Waals surface area contributed by atoms with Crippen LogP contribution in [0.1, 0.15) is 0 Å². The Morgan fingerprint density at radius 3 is 2.10 bits per heavy atom. The van der Waals surface area contributed by atoms with E-state index in [2.05, 4.69) is 0 Å². The van der Waals surface area contributed by atoms with Crippen LogP contribution in [0.15, 0.2) is 70.5 Å². The van der Waals surface area contributed by atoms with Crippen LogP contribution in [0.4, 0.5) is 0 Å². The Morgan fingerprint density at radius 1 is 0.810 bits per heavy atom. The zero-order valence-corrected chi connectivity index (χ0v) is 12.4. The maximum atomic E-state index is 12.7. The second kappa shape index (κ2) is 5.06. The van der Waals surface area contributed by atoms with Crippen LogP contribution < -0.4 is 0 Å². The molecule has 0 aromatic heterocycles. The number of fused-ring (bicyclic) bond motifs is 1. The van der Waals surface area contributed by atoms with Crippen molar-refractivity contribution in [1.82, 2.24) is 0 Å². The van der Waals surface area contributed by atoms with Crippen molar-refractivity contribution in [3.05, 3.63) is 65.7 Å². The number of halogens is 1. The minimum atomic E-state index is -3.67. The van der Waals surface area contributed by atoms with Gasteiger partial charge in [0.1, 0.15) is 5.75 Å². The first-order valence-electron chi connectivity index (χ1n) is 6.21. The molecule has 0 saturated carbocycles. The first-order valence-corrected chi connectivity index (χ1v) is 8.07. The Kier molecular flexibility index (Phi) is 3.35. The zero-order chi connectivity index (χ0) is 15.0. The summed E-state index contributed by atoms with van der Waals surface area (Å²) in [6.07, 6.45) is 0. The molecule has 0 radical (unpaired) electrons. The number of phenols is 1. The molecule has 0 amide bonds. The lowest BCUT2D eigenvalue weighted by Crippen LogP contribution is -2.02. The van der Waals surface area contributed by atoms with Gasteiger partial charge >= 0.3 is 0 Å². The summed E-state index contributed by atoms with van der Waals surface area (Å²) in [6, 6.07) is 15.7. The summed E-state index contributed by atoms with van der Waals surface area (Å²) in [5.41, 5.74) is 0. The third-order valence-electron chi connectivity index (χ3n) is 3.27. The third kappa shape index (κ3) is 2.37. The van der Waals surface area contributed by atoms with Crippen molar-refractivity contribution in [1.29, 1.82) is 0 Å². The van der Waals surface area contributed by atoms with Crippen molar-refractivity contribution in [3.8, 4) is 5.75 Å². The standard InChI is InChI=1S/C16H11ClO3S/c17-15-9-10-16(14-4-2-1-3-13(14)15)21(19,20)12-7-5-11(18)6-8-12/h1-10,18H. The van der Waals surface area contributed by atoms with E-state index in [-0.39, 0.29) is 15.5 Å². The van der Waals surface area contributed by atoms with E-state index < -0.39 is 9.84 Å². The predicted octanol–water partition coefficient (Wildman–Crippen LogP) is 4.03. The smallest absolute Gasteiger partial charge is 0.207 e. The SMILES string of the molecule is O=S(=O)(c1ccc(O)cc1)c1ccc(Cl)c2ccccc12. The van der Waals surface area contributed by atoms with E-state index in [1.54, 1.807) is 24.3 Å².